The van der Waals surface area contributed by atoms with E-state index in [4.69, 9.17) is 0 Å². The highest BCUT2D eigenvalue weighted by molar-refractivity contribution is 5.31. The number of nitrogens with one attached hydrogen (secondary N) is 1. The second-order valence-corrected chi connectivity index (χ2v) is 5.65. The van der Waals surface area contributed by atoms with Crippen LogP contribution in [0.25, 0.3) is 0 Å². The van der Waals surface area contributed by atoms with Crippen LogP contribution in [0.3, 0.4) is 0 Å². The molecule has 2 aromatic carbocycles. The Kier molecular flexibility index (Phi) is 4.02. The summed E-state index contributed by atoms with van der Waals surface area (Å²) in [7, 11) is 0. The van der Waals surface area contributed by atoms with Crippen LogP contribution < -0.4 is 5.32 Å². The molecule has 1 fully saturated rings. The van der Waals surface area contributed by atoms with E-state index in [1.54, 1.807) is 0 Å². The van der Waals surface area contributed by atoms with Crippen molar-refractivity contribution in [3.63, 3.8) is 0 Å². The molecule has 0 amide bonds. The molecule has 0 bridgehead atoms. The zero-order valence-electron chi connectivity index (χ0n) is 12.0. The lowest BCUT2D eigenvalue weighted by Crippen LogP contribution is -2.23. The van der Waals surface area contributed by atoms with Crippen LogP contribution in [0, 0.1) is 17.6 Å². The third-order valence-corrected chi connectivity index (χ3v) is 4.16. The fraction of sp³-hybridized carbons (Fsp3) is 0.333. The molecule has 1 aliphatic rings. The molecular weight excluding hydrogens is 268 g/mol. The summed E-state index contributed by atoms with van der Waals surface area (Å²) in [6.07, 6.45) is 1.06. The third-order valence-electron chi connectivity index (χ3n) is 4.16. The second kappa shape index (κ2) is 5.94. The second-order valence-electron chi connectivity index (χ2n) is 5.65. The van der Waals surface area contributed by atoms with E-state index in [0.29, 0.717) is 17.4 Å². The molecule has 0 aliphatic heterocycles. The van der Waals surface area contributed by atoms with Crippen molar-refractivity contribution < 1.29 is 8.78 Å². The number of halogens is 2. The molecule has 1 aliphatic carbocycles. The van der Waals surface area contributed by atoms with E-state index in [1.165, 1.54) is 17.7 Å². The van der Waals surface area contributed by atoms with Gasteiger partial charge in [0.05, 0.1) is 0 Å². The first-order valence-electron chi connectivity index (χ1n) is 7.43. The molecule has 0 radical (unpaired) electrons. The van der Waals surface area contributed by atoms with Crippen molar-refractivity contribution >= 4 is 0 Å². The van der Waals surface area contributed by atoms with Gasteiger partial charge in [0.2, 0.25) is 0 Å². The molecule has 3 unspecified atom stereocenters. The van der Waals surface area contributed by atoms with Crippen LogP contribution in [0.5, 0.6) is 0 Å². The number of rotatable bonds is 5. The molecule has 0 heterocycles. The van der Waals surface area contributed by atoms with Gasteiger partial charge in [-0.2, -0.15) is 0 Å². The third kappa shape index (κ3) is 3.13. The zero-order valence-corrected chi connectivity index (χ0v) is 12.0. The highest BCUT2D eigenvalue weighted by Crippen LogP contribution is 2.54. The van der Waals surface area contributed by atoms with E-state index in [0.717, 1.165) is 19.0 Å². The molecule has 1 saturated carbocycles. The molecular formula is C18H19F2N. The summed E-state index contributed by atoms with van der Waals surface area (Å²) in [6.45, 7) is 2.80. The number of benzene rings is 2. The number of hydrogen-bond acceptors (Lipinski definition) is 1. The van der Waals surface area contributed by atoms with Gasteiger partial charge < -0.3 is 5.32 Å². The summed E-state index contributed by atoms with van der Waals surface area (Å²) < 4.78 is 26.9. The molecule has 0 aromatic heterocycles. The molecule has 3 rings (SSSR count). The zero-order chi connectivity index (χ0) is 14.8. The van der Waals surface area contributed by atoms with E-state index in [1.807, 2.05) is 25.1 Å². The van der Waals surface area contributed by atoms with Crippen LogP contribution in [0.4, 0.5) is 8.78 Å². The maximum atomic E-state index is 13.5. The van der Waals surface area contributed by atoms with E-state index in [9.17, 15) is 8.78 Å². The van der Waals surface area contributed by atoms with Gasteiger partial charge >= 0.3 is 0 Å². The van der Waals surface area contributed by atoms with Crippen molar-refractivity contribution in [1.82, 2.24) is 5.32 Å². The van der Waals surface area contributed by atoms with E-state index >= 15 is 0 Å². The van der Waals surface area contributed by atoms with Gasteiger partial charge in [-0.1, -0.05) is 37.3 Å². The van der Waals surface area contributed by atoms with Gasteiger partial charge in [0, 0.05) is 12.1 Å². The highest BCUT2D eigenvalue weighted by Gasteiger charge is 2.44. The summed E-state index contributed by atoms with van der Waals surface area (Å²) in [5.74, 6) is -0.148. The lowest BCUT2D eigenvalue weighted by atomic mass is 9.98. The average Bonchev–Trinajstić information content (AvgIpc) is 3.25. The monoisotopic (exact) mass is 287 g/mol. The first-order chi connectivity index (χ1) is 10.2. The minimum absolute atomic E-state index is 0.00501. The molecule has 0 spiro atoms. The van der Waals surface area contributed by atoms with E-state index < -0.39 is 11.6 Å². The van der Waals surface area contributed by atoms with Crippen LogP contribution in [-0.2, 0) is 0 Å². The maximum Gasteiger partial charge on any atom is 0.126 e. The summed E-state index contributed by atoms with van der Waals surface area (Å²) >= 11 is 0. The minimum Gasteiger partial charge on any atom is -0.310 e. The molecule has 21 heavy (non-hydrogen) atoms. The van der Waals surface area contributed by atoms with Crippen molar-refractivity contribution in [2.45, 2.75) is 25.3 Å². The van der Waals surface area contributed by atoms with Crippen molar-refractivity contribution in [1.29, 1.82) is 0 Å². The Morgan fingerprint density at radius 1 is 1.10 bits per heavy atom. The molecule has 1 N–H and O–H groups in total. The molecule has 3 heteroatoms. The largest absolute Gasteiger partial charge is 0.310 e. The van der Waals surface area contributed by atoms with Gasteiger partial charge in [0.25, 0.3) is 0 Å². The summed E-state index contributed by atoms with van der Waals surface area (Å²) in [5, 5.41) is 3.38. The van der Waals surface area contributed by atoms with Gasteiger partial charge in [-0.05, 0) is 48.1 Å². The predicted molar refractivity (Wildman–Crippen MR) is 80.1 cm³/mol. The van der Waals surface area contributed by atoms with Crippen molar-refractivity contribution in [2.24, 2.45) is 5.92 Å². The average molecular weight is 287 g/mol. The quantitative estimate of drug-likeness (QED) is 0.858. The van der Waals surface area contributed by atoms with Crippen LogP contribution in [0.1, 0.15) is 36.4 Å². The Bertz CT molecular complexity index is 592. The minimum atomic E-state index is -0.509. The van der Waals surface area contributed by atoms with Crippen LogP contribution in [0.15, 0.2) is 48.5 Å². The van der Waals surface area contributed by atoms with Gasteiger partial charge in [-0.25, -0.2) is 8.78 Å². The van der Waals surface area contributed by atoms with E-state index in [-0.39, 0.29) is 6.04 Å². The normalized spacial score (nSPS) is 22.0. The van der Waals surface area contributed by atoms with Gasteiger partial charge in [0.1, 0.15) is 11.6 Å². The Balaban J connectivity index is 1.83. The SMILES string of the molecule is CCNC(c1cc(F)cc(F)c1)C1CC1c1ccccc1. The fourth-order valence-electron chi connectivity index (χ4n) is 3.16. The first-order valence-corrected chi connectivity index (χ1v) is 7.43. The first kappa shape index (κ1) is 14.2. The van der Waals surface area contributed by atoms with Crippen molar-refractivity contribution in [3.8, 4) is 0 Å². The van der Waals surface area contributed by atoms with Crippen LogP contribution in [0.2, 0.25) is 0 Å². The van der Waals surface area contributed by atoms with Crippen molar-refractivity contribution in [2.75, 3.05) is 6.54 Å². The Morgan fingerprint density at radius 3 is 2.38 bits per heavy atom. The van der Waals surface area contributed by atoms with Crippen molar-refractivity contribution in [3.05, 3.63) is 71.3 Å². The molecule has 110 valence electrons. The Labute approximate surface area is 124 Å². The molecule has 2 aromatic rings. The number of hydrogen-bond donors (Lipinski definition) is 1. The lowest BCUT2D eigenvalue weighted by Gasteiger charge is -2.19. The Morgan fingerprint density at radius 2 is 1.76 bits per heavy atom. The Hall–Kier alpha value is -1.74. The summed E-state index contributed by atoms with van der Waals surface area (Å²) in [5.41, 5.74) is 2.01. The molecule has 1 nitrogen and oxygen atoms in total. The van der Waals surface area contributed by atoms with Crippen LogP contribution in [-0.4, -0.2) is 6.54 Å². The summed E-state index contributed by atoms with van der Waals surface area (Å²) in [6, 6.07) is 14.1. The van der Waals surface area contributed by atoms with Crippen LogP contribution >= 0.6 is 0 Å². The molecule has 3 atom stereocenters. The summed E-state index contributed by atoms with van der Waals surface area (Å²) in [4.78, 5) is 0. The molecule has 0 saturated heterocycles. The fourth-order valence-corrected chi connectivity index (χ4v) is 3.16. The lowest BCUT2D eigenvalue weighted by molar-refractivity contribution is 0.478. The van der Waals surface area contributed by atoms with Gasteiger partial charge in [0.15, 0.2) is 0 Å². The maximum absolute atomic E-state index is 13.5. The topological polar surface area (TPSA) is 12.0 Å². The smallest absolute Gasteiger partial charge is 0.126 e. The van der Waals surface area contributed by atoms with Gasteiger partial charge in [-0.3, -0.25) is 0 Å². The predicted octanol–water partition coefficient (Wildman–Crippen LogP) is 4.42. The van der Waals surface area contributed by atoms with Gasteiger partial charge in [-0.15, -0.1) is 0 Å². The highest BCUT2D eigenvalue weighted by atomic mass is 19.1. The standard InChI is InChI=1S/C18H19F2N/c1-2-21-18(13-8-14(19)10-15(20)9-13)17-11-16(17)12-6-4-3-5-7-12/h3-10,16-18,21H,2,11H2,1H3. The van der Waals surface area contributed by atoms with E-state index in [2.05, 4.69) is 17.4 Å².